The van der Waals surface area contributed by atoms with Crippen molar-refractivity contribution in [2.75, 3.05) is 19.6 Å². The third-order valence-corrected chi connectivity index (χ3v) is 4.66. The molecular weight excluding hydrogens is 263 g/mol. The number of halogens is 2. The van der Waals surface area contributed by atoms with Gasteiger partial charge in [-0.1, -0.05) is 31.5 Å². The lowest BCUT2D eigenvalue weighted by Gasteiger charge is -2.40. The second-order valence-corrected chi connectivity index (χ2v) is 6.07. The first kappa shape index (κ1) is 14.8. The van der Waals surface area contributed by atoms with E-state index in [0.717, 1.165) is 24.6 Å². The SMILES string of the molecule is CC1CCN(C(CN)c2ccc(Cl)c(F)c2)CC1C. The maximum absolute atomic E-state index is 13.6. The molecule has 0 aliphatic carbocycles. The second kappa shape index (κ2) is 6.21. The van der Waals surface area contributed by atoms with Crippen molar-refractivity contribution in [3.8, 4) is 0 Å². The Morgan fingerprint density at radius 2 is 2.16 bits per heavy atom. The normalized spacial score (nSPS) is 26.4. The molecule has 0 aromatic heterocycles. The van der Waals surface area contributed by atoms with Crippen molar-refractivity contribution in [2.45, 2.75) is 26.3 Å². The van der Waals surface area contributed by atoms with E-state index in [0.29, 0.717) is 12.5 Å². The van der Waals surface area contributed by atoms with Crippen LogP contribution in [-0.2, 0) is 0 Å². The molecule has 1 aliphatic heterocycles. The van der Waals surface area contributed by atoms with Crippen LogP contribution in [0.25, 0.3) is 0 Å². The fourth-order valence-corrected chi connectivity index (χ4v) is 2.91. The Labute approximate surface area is 119 Å². The number of benzene rings is 1. The molecule has 1 aromatic rings. The Morgan fingerprint density at radius 3 is 2.74 bits per heavy atom. The minimum Gasteiger partial charge on any atom is -0.329 e. The highest BCUT2D eigenvalue weighted by atomic mass is 35.5. The van der Waals surface area contributed by atoms with Gasteiger partial charge >= 0.3 is 0 Å². The van der Waals surface area contributed by atoms with Gasteiger partial charge in [-0.25, -0.2) is 4.39 Å². The molecule has 0 radical (unpaired) electrons. The molecule has 0 spiro atoms. The van der Waals surface area contributed by atoms with Crippen molar-refractivity contribution in [1.82, 2.24) is 4.90 Å². The zero-order valence-corrected chi connectivity index (χ0v) is 12.3. The van der Waals surface area contributed by atoms with E-state index in [2.05, 4.69) is 18.7 Å². The number of hydrogen-bond acceptors (Lipinski definition) is 2. The van der Waals surface area contributed by atoms with Crippen LogP contribution in [0.4, 0.5) is 4.39 Å². The molecule has 2 rings (SSSR count). The van der Waals surface area contributed by atoms with Crippen molar-refractivity contribution >= 4 is 11.6 Å². The van der Waals surface area contributed by atoms with Gasteiger partial charge in [-0.2, -0.15) is 0 Å². The van der Waals surface area contributed by atoms with E-state index >= 15 is 0 Å². The van der Waals surface area contributed by atoms with E-state index in [4.69, 9.17) is 17.3 Å². The highest BCUT2D eigenvalue weighted by Crippen LogP contribution is 2.30. The highest BCUT2D eigenvalue weighted by molar-refractivity contribution is 6.30. The number of hydrogen-bond donors (Lipinski definition) is 1. The highest BCUT2D eigenvalue weighted by Gasteiger charge is 2.28. The number of nitrogens with zero attached hydrogens (tertiary/aromatic N) is 1. The topological polar surface area (TPSA) is 29.3 Å². The summed E-state index contributed by atoms with van der Waals surface area (Å²) in [6.45, 7) is 7.11. The van der Waals surface area contributed by atoms with Crippen LogP contribution in [0.5, 0.6) is 0 Å². The number of piperidine rings is 1. The lowest BCUT2D eigenvalue weighted by molar-refractivity contribution is 0.0982. The zero-order chi connectivity index (χ0) is 14.0. The summed E-state index contributed by atoms with van der Waals surface area (Å²) in [6, 6.07) is 5.10. The van der Waals surface area contributed by atoms with E-state index in [9.17, 15) is 4.39 Å². The summed E-state index contributed by atoms with van der Waals surface area (Å²) >= 11 is 5.74. The van der Waals surface area contributed by atoms with E-state index < -0.39 is 0 Å². The van der Waals surface area contributed by atoms with Gasteiger partial charge in [0.05, 0.1) is 5.02 Å². The van der Waals surface area contributed by atoms with Crippen LogP contribution in [0, 0.1) is 17.7 Å². The number of likely N-dealkylation sites (tertiary alicyclic amines) is 1. The Morgan fingerprint density at radius 1 is 1.42 bits per heavy atom. The molecule has 0 saturated carbocycles. The van der Waals surface area contributed by atoms with Crippen molar-refractivity contribution in [3.63, 3.8) is 0 Å². The molecule has 106 valence electrons. The number of rotatable bonds is 3. The molecule has 0 amide bonds. The predicted octanol–water partition coefficient (Wildman–Crippen LogP) is 3.46. The molecule has 0 bridgehead atoms. The molecule has 3 unspecified atom stereocenters. The quantitative estimate of drug-likeness (QED) is 0.921. The van der Waals surface area contributed by atoms with Crippen LogP contribution in [0.1, 0.15) is 31.9 Å². The summed E-state index contributed by atoms with van der Waals surface area (Å²) in [5, 5.41) is 0.167. The summed E-state index contributed by atoms with van der Waals surface area (Å²) in [5.74, 6) is 1.03. The second-order valence-electron chi connectivity index (χ2n) is 5.66. The van der Waals surface area contributed by atoms with Crippen molar-refractivity contribution in [1.29, 1.82) is 0 Å². The standard InChI is InChI=1S/C15H22ClFN2/c1-10-5-6-19(9-11(10)2)15(8-18)12-3-4-13(16)14(17)7-12/h3-4,7,10-11,15H,5-6,8-9,18H2,1-2H3. The first-order valence-corrected chi connectivity index (χ1v) is 7.29. The first-order valence-electron chi connectivity index (χ1n) is 6.92. The first-order chi connectivity index (χ1) is 9.02. The van der Waals surface area contributed by atoms with Crippen LogP contribution in [-0.4, -0.2) is 24.5 Å². The van der Waals surface area contributed by atoms with Crippen LogP contribution < -0.4 is 5.73 Å². The van der Waals surface area contributed by atoms with Crippen molar-refractivity contribution in [2.24, 2.45) is 17.6 Å². The number of nitrogens with two attached hydrogens (primary N) is 1. The largest absolute Gasteiger partial charge is 0.329 e. The average Bonchev–Trinajstić information content (AvgIpc) is 2.39. The van der Waals surface area contributed by atoms with Gasteiger partial charge in [0.1, 0.15) is 5.82 Å². The molecule has 1 aliphatic rings. The molecule has 3 atom stereocenters. The van der Waals surface area contributed by atoms with Gasteiger partial charge in [0.2, 0.25) is 0 Å². The summed E-state index contributed by atoms with van der Waals surface area (Å²) in [4.78, 5) is 2.37. The summed E-state index contributed by atoms with van der Waals surface area (Å²) < 4.78 is 13.6. The molecule has 1 fully saturated rings. The average molecular weight is 285 g/mol. The Hall–Kier alpha value is -0.640. The Bertz CT molecular complexity index is 438. The molecule has 2 nitrogen and oxygen atoms in total. The monoisotopic (exact) mass is 284 g/mol. The molecule has 2 N–H and O–H groups in total. The maximum Gasteiger partial charge on any atom is 0.142 e. The van der Waals surface area contributed by atoms with Gasteiger partial charge in [0.25, 0.3) is 0 Å². The van der Waals surface area contributed by atoms with Gasteiger partial charge < -0.3 is 5.73 Å². The predicted molar refractivity (Wildman–Crippen MR) is 77.7 cm³/mol. The van der Waals surface area contributed by atoms with Crippen LogP contribution in [0.2, 0.25) is 5.02 Å². The van der Waals surface area contributed by atoms with Gasteiger partial charge in [-0.3, -0.25) is 4.90 Å². The molecule has 1 heterocycles. The summed E-state index contributed by atoms with van der Waals surface area (Å²) in [7, 11) is 0. The van der Waals surface area contributed by atoms with Crippen molar-refractivity contribution < 1.29 is 4.39 Å². The maximum atomic E-state index is 13.6. The smallest absolute Gasteiger partial charge is 0.142 e. The lowest BCUT2D eigenvalue weighted by Crippen LogP contribution is -2.43. The zero-order valence-electron chi connectivity index (χ0n) is 11.6. The Balaban J connectivity index is 2.17. The third kappa shape index (κ3) is 3.28. The van der Waals surface area contributed by atoms with Crippen LogP contribution >= 0.6 is 11.6 Å². The Kier molecular flexibility index (Phi) is 4.82. The fraction of sp³-hybridized carbons (Fsp3) is 0.600. The minimum atomic E-state index is -0.365. The van der Waals surface area contributed by atoms with E-state index in [1.54, 1.807) is 6.07 Å². The fourth-order valence-electron chi connectivity index (χ4n) is 2.79. The summed E-state index contributed by atoms with van der Waals surface area (Å²) in [6.07, 6.45) is 1.17. The molecule has 1 aromatic carbocycles. The lowest BCUT2D eigenvalue weighted by atomic mass is 9.87. The van der Waals surface area contributed by atoms with Crippen LogP contribution in [0.15, 0.2) is 18.2 Å². The third-order valence-electron chi connectivity index (χ3n) is 4.36. The minimum absolute atomic E-state index is 0.0849. The molecule has 4 heteroatoms. The van der Waals surface area contributed by atoms with Gasteiger partial charge in [-0.05, 0) is 42.5 Å². The molecular formula is C15H22ClFN2. The molecule has 1 saturated heterocycles. The van der Waals surface area contributed by atoms with Gasteiger partial charge in [0.15, 0.2) is 0 Å². The molecule has 19 heavy (non-hydrogen) atoms. The van der Waals surface area contributed by atoms with E-state index in [1.165, 1.54) is 12.5 Å². The van der Waals surface area contributed by atoms with Crippen molar-refractivity contribution in [3.05, 3.63) is 34.6 Å². The van der Waals surface area contributed by atoms with E-state index in [1.807, 2.05) is 6.07 Å². The summed E-state index contributed by atoms with van der Waals surface area (Å²) in [5.41, 5.74) is 6.83. The van der Waals surface area contributed by atoms with Crippen LogP contribution in [0.3, 0.4) is 0 Å². The van der Waals surface area contributed by atoms with Gasteiger partial charge in [0, 0.05) is 19.1 Å². The van der Waals surface area contributed by atoms with Gasteiger partial charge in [-0.15, -0.1) is 0 Å². The van der Waals surface area contributed by atoms with E-state index in [-0.39, 0.29) is 16.9 Å².